The van der Waals surface area contributed by atoms with E-state index >= 15 is 0 Å². The van der Waals surface area contributed by atoms with E-state index in [0.717, 1.165) is 19.1 Å². The standard InChI is InChI=1S/C11H13NO4/c13-6-9-2-1-5-12(9)11(15)8-3-4-10(14)16-7-8/h3-4,7,9,13H,1-2,5-6H2/t9-/m0/s1. The predicted molar refractivity (Wildman–Crippen MR) is 56.1 cm³/mol. The van der Waals surface area contributed by atoms with E-state index < -0.39 is 5.63 Å². The van der Waals surface area contributed by atoms with Gasteiger partial charge in [-0.15, -0.1) is 0 Å². The van der Waals surface area contributed by atoms with Gasteiger partial charge in [-0.2, -0.15) is 0 Å². The normalized spacial score (nSPS) is 20.1. The molecule has 16 heavy (non-hydrogen) atoms. The Balaban J connectivity index is 2.18. The Hall–Kier alpha value is -1.62. The lowest BCUT2D eigenvalue weighted by atomic mass is 10.2. The average Bonchev–Trinajstić information content (AvgIpc) is 2.77. The third-order valence-corrected chi connectivity index (χ3v) is 2.80. The van der Waals surface area contributed by atoms with Gasteiger partial charge in [0.1, 0.15) is 6.26 Å². The monoisotopic (exact) mass is 223 g/mol. The Morgan fingerprint density at radius 3 is 3.00 bits per heavy atom. The van der Waals surface area contributed by atoms with Crippen molar-refractivity contribution in [1.29, 1.82) is 0 Å². The van der Waals surface area contributed by atoms with E-state index in [4.69, 9.17) is 5.11 Å². The van der Waals surface area contributed by atoms with Crippen molar-refractivity contribution in [3.63, 3.8) is 0 Å². The van der Waals surface area contributed by atoms with Gasteiger partial charge < -0.3 is 14.4 Å². The Bertz CT molecular complexity index is 419. The van der Waals surface area contributed by atoms with Crippen molar-refractivity contribution in [3.05, 3.63) is 34.4 Å². The minimum absolute atomic E-state index is 0.0253. The molecular weight excluding hydrogens is 210 g/mol. The highest BCUT2D eigenvalue weighted by molar-refractivity contribution is 5.94. The lowest BCUT2D eigenvalue weighted by Gasteiger charge is -2.22. The Morgan fingerprint density at radius 1 is 1.56 bits per heavy atom. The summed E-state index contributed by atoms with van der Waals surface area (Å²) in [5.74, 6) is -0.194. The first kappa shape index (κ1) is 10.9. The molecule has 1 amide bonds. The van der Waals surface area contributed by atoms with Crippen LogP contribution >= 0.6 is 0 Å². The molecule has 0 radical (unpaired) electrons. The molecule has 0 unspecified atom stereocenters. The molecule has 1 aliphatic rings. The molecule has 1 fully saturated rings. The molecule has 1 saturated heterocycles. The fourth-order valence-electron chi connectivity index (χ4n) is 1.94. The fourth-order valence-corrected chi connectivity index (χ4v) is 1.94. The van der Waals surface area contributed by atoms with Crippen LogP contribution in [-0.2, 0) is 0 Å². The number of hydrogen-bond acceptors (Lipinski definition) is 4. The molecule has 1 aliphatic heterocycles. The molecule has 1 N–H and O–H groups in total. The zero-order valence-electron chi connectivity index (χ0n) is 8.76. The number of nitrogens with zero attached hydrogens (tertiary/aromatic N) is 1. The molecule has 0 bridgehead atoms. The van der Waals surface area contributed by atoms with Gasteiger partial charge in [-0.3, -0.25) is 4.79 Å². The Labute approximate surface area is 92.3 Å². The molecular formula is C11H13NO4. The van der Waals surface area contributed by atoms with Crippen molar-refractivity contribution in [2.24, 2.45) is 0 Å². The van der Waals surface area contributed by atoms with E-state index in [0.29, 0.717) is 12.1 Å². The first-order chi connectivity index (χ1) is 7.72. The van der Waals surface area contributed by atoms with Gasteiger partial charge in [0.2, 0.25) is 0 Å². The summed E-state index contributed by atoms with van der Waals surface area (Å²) in [7, 11) is 0. The maximum atomic E-state index is 12.0. The maximum Gasteiger partial charge on any atom is 0.335 e. The van der Waals surface area contributed by atoms with E-state index in [1.54, 1.807) is 4.90 Å². The van der Waals surface area contributed by atoms with Crippen molar-refractivity contribution in [2.75, 3.05) is 13.2 Å². The SMILES string of the molecule is O=C(c1ccc(=O)oc1)N1CCC[C@H]1CO. The summed E-state index contributed by atoms with van der Waals surface area (Å²) in [6.45, 7) is 0.617. The lowest BCUT2D eigenvalue weighted by molar-refractivity contribution is 0.0675. The zero-order chi connectivity index (χ0) is 11.5. The average molecular weight is 223 g/mol. The van der Waals surface area contributed by atoms with Crippen LogP contribution in [0.4, 0.5) is 0 Å². The number of carbonyl (C=O) groups excluding carboxylic acids is 1. The highest BCUT2D eigenvalue weighted by atomic mass is 16.4. The quantitative estimate of drug-likeness (QED) is 0.779. The molecule has 86 valence electrons. The zero-order valence-corrected chi connectivity index (χ0v) is 8.76. The molecule has 1 aromatic heterocycles. The van der Waals surface area contributed by atoms with Gasteiger partial charge in [-0.05, 0) is 18.9 Å². The summed E-state index contributed by atoms with van der Waals surface area (Å²) in [6, 6.07) is 2.55. The molecule has 5 nitrogen and oxygen atoms in total. The fraction of sp³-hybridized carbons (Fsp3) is 0.455. The van der Waals surface area contributed by atoms with Crippen LogP contribution in [0, 0.1) is 0 Å². The lowest BCUT2D eigenvalue weighted by Crippen LogP contribution is -2.37. The molecule has 0 saturated carbocycles. The van der Waals surface area contributed by atoms with Crippen molar-refractivity contribution >= 4 is 5.91 Å². The van der Waals surface area contributed by atoms with E-state index in [-0.39, 0.29) is 18.6 Å². The summed E-state index contributed by atoms with van der Waals surface area (Å²) in [5, 5.41) is 9.11. The predicted octanol–water partition coefficient (Wildman–Crippen LogP) is 0.237. The van der Waals surface area contributed by atoms with Gasteiger partial charge in [0.25, 0.3) is 5.91 Å². The first-order valence-electron chi connectivity index (χ1n) is 5.23. The van der Waals surface area contributed by atoms with Crippen LogP contribution in [0.5, 0.6) is 0 Å². The molecule has 5 heteroatoms. The van der Waals surface area contributed by atoms with E-state index in [1.165, 1.54) is 12.1 Å². The molecule has 0 aromatic carbocycles. The van der Waals surface area contributed by atoms with Crippen LogP contribution < -0.4 is 5.63 Å². The van der Waals surface area contributed by atoms with Crippen LogP contribution in [0.2, 0.25) is 0 Å². The third kappa shape index (κ3) is 1.99. The summed E-state index contributed by atoms with van der Waals surface area (Å²) in [5.41, 5.74) is -0.128. The molecule has 2 rings (SSSR count). The van der Waals surface area contributed by atoms with Gasteiger partial charge in [0.15, 0.2) is 0 Å². The van der Waals surface area contributed by atoms with Gasteiger partial charge in [0.05, 0.1) is 18.2 Å². The van der Waals surface area contributed by atoms with Gasteiger partial charge >= 0.3 is 5.63 Å². The molecule has 1 atom stereocenters. The Kier molecular flexibility index (Phi) is 3.05. The molecule has 2 heterocycles. The molecule has 0 aliphatic carbocycles. The van der Waals surface area contributed by atoms with Crippen LogP contribution in [0.15, 0.2) is 27.6 Å². The smallest absolute Gasteiger partial charge is 0.335 e. The first-order valence-corrected chi connectivity index (χ1v) is 5.23. The largest absolute Gasteiger partial charge is 0.430 e. The van der Waals surface area contributed by atoms with Gasteiger partial charge in [0, 0.05) is 12.6 Å². The van der Waals surface area contributed by atoms with Crippen LogP contribution in [0.1, 0.15) is 23.2 Å². The summed E-state index contributed by atoms with van der Waals surface area (Å²) in [6.07, 6.45) is 2.88. The van der Waals surface area contributed by atoms with Gasteiger partial charge in [-0.25, -0.2) is 4.79 Å². The highest BCUT2D eigenvalue weighted by Crippen LogP contribution is 2.19. The topological polar surface area (TPSA) is 70.8 Å². The van der Waals surface area contributed by atoms with Crippen molar-refractivity contribution in [3.8, 4) is 0 Å². The highest BCUT2D eigenvalue weighted by Gasteiger charge is 2.28. The van der Waals surface area contributed by atoms with Crippen LogP contribution in [0.3, 0.4) is 0 Å². The number of carbonyl (C=O) groups is 1. The van der Waals surface area contributed by atoms with E-state index in [1.807, 2.05) is 0 Å². The number of rotatable bonds is 2. The van der Waals surface area contributed by atoms with Crippen molar-refractivity contribution in [2.45, 2.75) is 18.9 Å². The molecule has 1 aromatic rings. The number of amides is 1. The summed E-state index contributed by atoms with van der Waals surface area (Å²) in [4.78, 5) is 24.4. The summed E-state index contributed by atoms with van der Waals surface area (Å²) >= 11 is 0. The second-order valence-corrected chi connectivity index (χ2v) is 3.82. The van der Waals surface area contributed by atoms with Crippen molar-refractivity contribution < 1.29 is 14.3 Å². The van der Waals surface area contributed by atoms with E-state index in [2.05, 4.69) is 4.42 Å². The second kappa shape index (κ2) is 4.49. The second-order valence-electron chi connectivity index (χ2n) is 3.82. The van der Waals surface area contributed by atoms with Crippen LogP contribution in [0.25, 0.3) is 0 Å². The number of aliphatic hydroxyl groups is 1. The maximum absolute atomic E-state index is 12.0. The van der Waals surface area contributed by atoms with Crippen LogP contribution in [-0.4, -0.2) is 35.1 Å². The Morgan fingerprint density at radius 2 is 2.38 bits per heavy atom. The number of likely N-dealkylation sites (tertiary alicyclic amines) is 1. The van der Waals surface area contributed by atoms with E-state index in [9.17, 15) is 9.59 Å². The minimum atomic E-state index is -0.475. The molecule has 0 spiro atoms. The summed E-state index contributed by atoms with van der Waals surface area (Å²) < 4.78 is 4.64. The third-order valence-electron chi connectivity index (χ3n) is 2.80. The van der Waals surface area contributed by atoms with Crippen molar-refractivity contribution in [1.82, 2.24) is 4.90 Å². The number of hydrogen-bond donors (Lipinski definition) is 1. The minimum Gasteiger partial charge on any atom is -0.430 e. The number of aliphatic hydroxyl groups excluding tert-OH is 1. The van der Waals surface area contributed by atoms with Gasteiger partial charge in [-0.1, -0.05) is 0 Å².